The zero-order valence-corrected chi connectivity index (χ0v) is 12.0. The van der Waals surface area contributed by atoms with Gasteiger partial charge >= 0.3 is 0 Å². The summed E-state index contributed by atoms with van der Waals surface area (Å²) in [5.41, 5.74) is 21.3. The van der Waals surface area contributed by atoms with Gasteiger partial charge in [-0.2, -0.15) is 0 Å². The monoisotopic (exact) mass is 291 g/mol. The molecule has 0 aliphatic rings. The van der Waals surface area contributed by atoms with Crippen LogP contribution in [-0.2, 0) is 0 Å². The van der Waals surface area contributed by atoms with E-state index in [-0.39, 0.29) is 0 Å². The van der Waals surface area contributed by atoms with E-state index in [1.807, 2.05) is 54.6 Å². The van der Waals surface area contributed by atoms with Crippen LogP contribution >= 0.6 is 0 Å². The molecule has 0 bridgehead atoms. The van der Waals surface area contributed by atoms with E-state index in [1.165, 1.54) is 0 Å². The average molecular weight is 291 g/mol. The first-order chi connectivity index (χ1) is 10.6. The Hall–Kier alpha value is -3.14. The second kappa shape index (κ2) is 5.69. The molecule has 3 rings (SSSR count). The van der Waals surface area contributed by atoms with Gasteiger partial charge in [0.25, 0.3) is 0 Å². The molecule has 0 fully saturated rings. The molecule has 0 aliphatic carbocycles. The fourth-order valence-electron chi connectivity index (χ4n) is 2.19. The highest BCUT2D eigenvalue weighted by Gasteiger charge is 2.08. The van der Waals surface area contributed by atoms with Gasteiger partial charge in [-0.1, -0.05) is 12.1 Å². The summed E-state index contributed by atoms with van der Waals surface area (Å²) in [4.78, 5) is 0. The van der Waals surface area contributed by atoms with Crippen LogP contribution < -0.4 is 21.9 Å². The molecular formula is C18H17N3O. The predicted octanol–water partition coefficient (Wildman–Crippen LogP) is 3.89. The molecule has 0 amide bonds. The third kappa shape index (κ3) is 2.96. The Morgan fingerprint density at radius 1 is 0.591 bits per heavy atom. The minimum atomic E-state index is 0.677. The molecule has 0 unspecified atom stereocenters. The quantitative estimate of drug-likeness (QED) is 0.639. The van der Waals surface area contributed by atoms with Crippen LogP contribution in [0.25, 0.3) is 11.1 Å². The van der Waals surface area contributed by atoms with Crippen molar-refractivity contribution in [2.75, 3.05) is 17.2 Å². The van der Waals surface area contributed by atoms with Crippen molar-refractivity contribution in [2.24, 2.45) is 0 Å². The van der Waals surface area contributed by atoms with Gasteiger partial charge in [-0.15, -0.1) is 0 Å². The summed E-state index contributed by atoms with van der Waals surface area (Å²) in [6.45, 7) is 0. The first kappa shape index (κ1) is 13.8. The van der Waals surface area contributed by atoms with E-state index in [0.717, 1.165) is 22.6 Å². The topological polar surface area (TPSA) is 87.3 Å². The standard InChI is InChI=1S/C18H17N3O/c19-13-3-1-12(2-4-13)17-11-15(21)7-10-18(17)22-16-8-5-14(20)6-9-16/h1-11H,19-21H2. The van der Waals surface area contributed by atoms with Gasteiger partial charge in [-0.25, -0.2) is 0 Å². The van der Waals surface area contributed by atoms with E-state index < -0.39 is 0 Å². The molecule has 4 nitrogen and oxygen atoms in total. The molecule has 6 N–H and O–H groups in total. The van der Waals surface area contributed by atoms with Crippen LogP contribution in [0.2, 0.25) is 0 Å². The van der Waals surface area contributed by atoms with Crippen molar-refractivity contribution in [2.45, 2.75) is 0 Å². The zero-order valence-electron chi connectivity index (χ0n) is 12.0. The molecule has 110 valence electrons. The Bertz CT molecular complexity index is 780. The number of ether oxygens (including phenoxy) is 1. The van der Waals surface area contributed by atoms with Gasteiger partial charge in [0, 0.05) is 22.6 Å². The fourth-order valence-corrected chi connectivity index (χ4v) is 2.19. The highest BCUT2D eigenvalue weighted by molar-refractivity contribution is 5.75. The van der Waals surface area contributed by atoms with Crippen LogP contribution in [0.4, 0.5) is 17.1 Å². The van der Waals surface area contributed by atoms with Crippen LogP contribution in [0.5, 0.6) is 11.5 Å². The summed E-state index contributed by atoms with van der Waals surface area (Å²) in [5.74, 6) is 1.44. The molecule has 3 aromatic rings. The Morgan fingerprint density at radius 2 is 1.14 bits per heavy atom. The maximum atomic E-state index is 5.96. The summed E-state index contributed by atoms with van der Waals surface area (Å²) < 4.78 is 5.96. The van der Waals surface area contributed by atoms with Gasteiger partial charge in [0.15, 0.2) is 0 Å². The number of anilines is 3. The number of hydrogen-bond acceptors (Lipinski definition) is 4. The third-order valence-corrected chi connectivity index (χ3v) is 3.33. The number of nitrogen functional groups attached to an aromatic ring is 3. The van der Waals surface area contributed by atoms with Crippen molar-refractivity contribution >= 4 is 17.1 Å². The normalized spacial score (nSPS) is 10.4. The first-order valence-electron chi connectivity index (χ1n) is 6.91. The highest BCUT2D eigenvalue weighted by Crippen LogP contribution is 2.35. The van der Waals surface area contributed by atoms with Crippen LogP contribution in [0.1, 0.15) is 0 Å². The van der Waals surface area contributed by atoms with E-state index in [4.69, 9.17) is 21.9 Å². The van der Waals surface area contributed by atoms with Crippen molar-refractivity contribution in [3.05, 3.63) is 66.7 Å². The number of hydrogen-bond donors (Lipinski definition) is 3. The molecule has 0 spiro atoms. The van der Waals surface area contributed by atoms with Crippen molar-refractivity contribution < 1.29 is 4.74 Å². The number of nitrogens with two attached hydrogens (primary N) is 3. The minimum Gasteiger partial charge on any atom is -0.457 e. The lowest BCUT2D eigenvalue weighted by Crippen LogP contribution is -1.92. The second-order valence-electron chi connectivity index (χ2n) is 5.05. The summed E-state index contributed by atoms with van der Waals surface area (Å²) in [5, 5.41) is 0. The minimum absolute atomic E-state index is 0.677. The largest absolute Gasteiger partial charge is 0.457 e. The van der Waals surface area contributed by atoms with Crippen LogP contribution in [-0.4, -0.2) is 0 Å². The van der Waals surface area contributed by atoms with Gasteiger partial charge < -0.3 is 21.9 Å². The Labute approximate surface area is 129 Å². The molecule has 0 aromatic heterocycles. The fraction of sp³-hybridized carbons (Fsp3) is 0. The lowest BCUT2D eigenvalue weighted by atomic mass is 10.0. The number of rotatable bonds is 3. The SMILES string of the molecule is Nc1ccc(Oc2ccc(N)cc2-c2ccc(N)cc2)cc1. The maximum Gasteiger partial charge on any atom is 0.135 e. The summed E-state index contributed by atoms with van der Waals surface area (Å²) >= 11 is 0. The number of benzene rings is 3. The Kier molecular flexibility index (Phi) is 3.58. The molecule has 0 aliphatic heterocycles. The van der Waals surface area contributed by atoms with Crippen molar-refractivity contribution in [3.63, 3.8) is 0 Å². The molecule has 0 radical (unpaired) electrons. The molecule has 4 heteroatoms. The Morgan fingerprint density at radius 3 is 1.77 bits per heavy atom. The van der Waals surface area contributed by atoms with Crippen molar-refractivity contribution in [3.8, 4) is 22.6 Å². The van der Waals surface area contributed by atoms with E-state index in [9.17, 15) is 0 Å². The van der Waals surface area contributed by atoms with E-state index in [0.29, 0.717) is 17.1 Å². The lowest BCUT2D eigenvalue weighted by molar-refractivity contribution is 0.484. The Balaban J connectivity index is 2.00. The van der Waals surface area contributed by atoms with Gasteiger partial charge in [0.1, 0.15) is 11.5 Å². The highest BCUT2D eigenvalue weighted by atomic mass is 16.5. The molecule has 22 heavy (non-hydrogen) atoms. The van der Waals surface area contributed by atoms with Crippen LogP contribution in [0.3, 0.4) is 0 Å². The zero-order chi connectivity index (χ0) is 15.5. The average Bonchev–Trinajstić information content (AvgIpc) is 2.52. The molecule has 0 heterocycles. The van der Waals surface area contributed by atoms with E-state index in [1.54, 1.807) is 12.1 Å². The van der Waals surface area contributed by atoms with Gasteiger partial charge in [-0.05, 0) is 60.2 Å². The van der Waals surface area contributed by atoms with Crippen molar-refractivity contribution in [1.29, 1.82) is 0 Å². The smallest absolute Gasteiger partial charge is 0.135 e. The predicted molar refractivity (Wildman–Crippen MR) is 91.6 cm³/mol. The summed E-state index contributed by atoms with van der Waals surface area (Å²) in [6.07, 6.45) is 0. The molecule has 0 atom stereocenters. The molecule has 0 saturated heterocycles. The van der Waals surface area contributed by atoms with Crippen LogP contribution in [0, 0.1) is 0 Å². The van der Waals surface area contributed by atoms with Crippen molar-refractivity contribution in [1.82, 2.24) is 0 Å². The lowest BCUT2D eigenvalue weighted by Gasteiger charge is -2.12. The van der Waals surface area contributed by atoms with Crippen LogP contribution in [0.15, 0.2) is 66.7 Å². The van der Waals surface area contributed by atoms with Gasteiger partial charge in [-0.3, -0.25) is 0 Å². The molecular weight excluding hydrogens is 274 g/mol. The summed E-state index contributed by atoms with van der Waals surface area (Å²) in [6, 6.07) is 20.4. The van der Waals surface area contributed by atoms with E-state index in [2.05, 4.69) is 0 Å². The van der Waals surface area contributed by atoms with Gasteiger partial charge in [0.2, 0.25) is 0 Å². The summed E-state index contributed by atoms with van der Waals surface area (Å²) in [7, 11) is 0. The molecule has 0 saturated carbocycles. The van der Waals surface area contributed by atoms with Gasteiger partial charge in [0.05, 0.1) is 0 Å². The van der Waals surface area contributed by atoms with E-state index >= 15 is 0 Å². The molecule has 3 aromatic carbocycles. The third-order valence-electron chi connectivity index (χ3n) is 3.33. The maximum absolute atomic E-state index is 5.96. The first-order valence-corrected chi connectivity index (χ1v) is 6.91. The second-order valence-corrected chi connectivity index (χ2v) is 5.05.